The van der Waals surface area contributed by atoms with Crippen LogP contribution < -0.4 is 15.4 Å². The summed E-state index contributed by atoms with van der Waals surface area (Å²) in [6, 6.07) is 13.2. The first-order chi connectivity index (χ1) is 16.7. The van der Waals surface area contributed by atoms with Crippen LogP contribution in [-0.2, 0) is 16.0 Å². The Bertz CT molecular complexity index is 1250. The van der Waals surface area contributed by atoms with Crippen molar-refractivity contribution in [3.05, 3.63) is 75.2 Å². The van der Waals surface area contributed by atoms with Crippen LogP contribution in [0.15, 0.2) is 42.5 Å². The highest BCUT2D eigenvalue weighted by atomic mass is 32.1. The Labute approximate surface area is 209 Å². The normalized spacial score (nSPS) is 10.5. The van der Waals surface area contributed by atoms with Gasteiger partial charge in [-0.3, -0.25) is 9.59 Å². The number of ether oxygens (including phenoxy) is 2. The van der Waals surface area contributed by atoms with Crippen LogP contribution in [0.1, 0.15) is 56.1 Å². The summed E-state index contributed by atoms with van der Waals surface area (Å²) >= 11 is 1.03. The van der Waals surface area contributed by atoms with Crippen molar-refractivity contribution in [2.24, 2.45) is 0 Å². The van der Waals surface area contributed by atoms with Gasteiger partial charge in [0.15, 0.2) is 6.61 Å². The van der Waals surface area contributed by atoms with E-state index in [4.69, 9.17) is 9.47 Å². The van der Waals surface area contributed by atoms with Gasteiger partial charge in [0, 0.05) is 5.69 Å². The van der Waals surface area contributed by atoms with Crippen LogP contribution in [0.25, 0.3) is 0 Å². The van der Waals surface area contributed by atoms with Crippen LogP contribution in [0.4, 0.5) is 10.7 Å². The second-order valence-corrected chi connectivity index (χ2v) is 9.11. The summed E-state index contributed by atoms with van der Waals surface area (Å²) in [6.07, 6.45) is 0.855. The fraction of sp³-hybridized carbons (Fsp3) is 0.296. The molecule has 35 heavy (non-hydrogen) atoms. The van der Waals surface area contributed by atoms with Crippen LogP contribution in [0.2, 0.25) is 0 Å². The number of amides is 2. The molecular weight excluding hydrogens is 464 g/mol. The third-order valence-electron chi connectivity index (χ3n) is 5.39. The lowest BCUT2D eigenvalue weighted by molar-refractivity contribution is -0.118. The van der Waals surface area contributed by atoms with E-state index in [9.17, 15) is 14.4 Å². The second-order valence-electron chi connectivity index (χ2n) is 8.09. The second kappa shape index (κ2) is 11.7. The van der Waals surface area contributed by atoms with E-state index in [0.29, 0.717) is 21.9 Å². The summed E-state index contributed by atoms with van der Waals surface area (Å²) in [6.45, 7) is 9.23. The number of nitrogens with one attached hydrogen (secondary N) is 2. The largest absolute Gasteiger partial charge is 0.484 e. The zero-order valence-corrected chi connectivity index (χ0v) is 21.4. The molecule has 0 aliphatic heterocycles. The zero-order chi connectivity index (χ0) is 25.5. The lowest BCUT2D eigenvalue weighted by atomic mass is 10.1. The average Bonchev–Trinajstić information content (AvgIpc) is 3.15. The van der Waals surface area contributed by atoms with E-state index >= 15 is 0 Å². The smallest absolute Gasteiger partial charge is 0.341 e. The topological polar surface area (TPSA) is 93.7 Å². The number of hydrogen-bond donors (Lipinski definition) is 2. The van der Waals surface area contributed by atoms with Crippen LogP contribution in [0.3, 0.4) is 0 Å². The summed E-state index contributed by atoms with van der Waals surface area (Å²) in [4.78, 5) is 38.7. The summed E-state index contributed by atoms with van der Waals surface area (Å²) in [5.74, 6) is -0.821. The fourth-order valence-corrected chi connectivity index (χ4v) is 4.67. The molecule has 2 aromatic carbocycles. The number of esters is 1. The van der Waals surface area contributed by atoms with Crippen molar-refractivity contribution in [3.63, 3.8) is 0 Å². The summed E-state index contributed by atoms with van der Waals surface area (Å²) in [7, 11) is 0. The Morgan fingerprint density at radius 1 is 0.971 bits per heavy atom. The van der Waals surface area contributed by atoms with Gasteiger partial charge in [0.25, 0.3) is 11.8 Å². The standard InChI is InChI=1S/C27H30N2O5S/c1-6-19-9-8-10-20(14-19)34-15-22(30)29-26-23(27(32)33-7-2)18(5)24(35-26)25(31)28-21-12-11-16(3)13-17(21)4/h8-14H,6-7,15H2,1-5H3,(H,28,31)(H,29,30). The molecule has 0 radical (unpaired) electrons. The summed E-state index contributed by atoms with van der Waals surface area (Å²) < 4.78 is 10.8. The van der Waals surface area contributed by atoms with E-state index in [-0.39, 0.29) is 29.7 Å². The monoisotopic (exact) mass is 494 g/mol. The van der Waals surface area contributed by atoms with Gasteiger partial charge in [-0.2, -0.15) is 0 Å². The Hall–Kier alpha value is -3.65. The van der Waals surface area contributed by atoms with Gasteiger partial charge in [0.1, 0.15) is 10.8 Å². The van der Waals surface area contributed by atoms with Gasteiger partial charge >= 0.3 is 5.97 Å². The van der Waals surface area contributed by atoms with Crippen LogP contribution in [0.5, 0.6) is 5.75 Å². The zero-order valence-electron chi connectivity index (χ0n) is 20.6. The summed E-state index contributed by atoms with van der Waals surface area (Å²) in [5, 5.41) is 5.87. The number of aryl methyl sites for hydroxylation is 3. The molecule has 7 nitrogen and oxygen atoms in total. The summed E-state index contributed by atoms with van der Waals surface area (Å²) in [5.41, 5.74) is 4.41. The van der Waals surface area contributed by atoms with Crippen molar-refractivity contribution in [1.82, 2.24) is 0 Å². The Morgan fingerprint density at radius 2 is 1.74 bits per heavy atom. The third kappa shape index (κ3) is 6.48. The van der Waals surface area contributed by atoms with Crippen LogP contribution in [-0.4, -0.2) is 31.0 Å². The molecule has 1 aromatic heterocycles. The molecule has 0 aliphatic rings. The molecule has 0 unspecified atom stereocenters. The maximum Gasteiger partial charge on any atom is 0.341 e. The van der Waals surface area contributed by atoms with E-state index < -0.39 is 11.9 Å². The number of carbonyl (C=O) groups excluding carboxylic acids is 3. The van der Waals surface area contributed by atoms with Crippen LogP contribution in [0, 0.1) is 20.8 Å². The molecule has 0 spiro atoms. The first kappa shape index (κ1) is 26.0. The van der Waals surface area contributed by atoms with Gasteiger partial charge in [-0.05, 0) is 69.0 Å². The van der Waals surface area contributed by atoms with Gasteiger partial charge in [0.05, 0.1) is 17.0 Å². The number of thiophene rings is 1. The predicted octanol–water partition coefficient (Wildman–Crippen LogP) is 5.68. The van der Waals surface area contributed by atoms with Gasteiger partial charge in [-0.25, -0.2) is 4.79 Å². The molecule has 0 aliphatic carbocycles. The molecule has 0 bridgehead atoms. The number of benzene rings is 2. The molecule has 3 aromatic rings. The first-order valence-electron chi connectivity index (χ1n) is 11.4. The maximum atomic E-state index is 13.1. The number of rotatable bonds is 9. The molecule has 0 saturated heterocycles. The highest BCUT2D eigenvalue weighted by Gasteiger charge is 2.27. The minimum atomic E-state index is -0.598. The number of anilines is 2. The number of carbonyl (C=O) groups is 3. The highest BCUT2D eigenvalue weighted by molar-refractivity contribution is 7.19. The van der Waals surface area contributed by atoms with Crippen molar-refractivity contribution >= 4 is 39.8 Å². The highest BCUT2D eigenvalue weighted by Crippen LogP contribution is 2.34. The minimum absolute atomic E-state index is 0.169. The lowest BCUT2D eigenvalue weighted by Crippen LogP contribution is -2.21. The minimum Gasteiger partial charge on any atom is -0.484 e. The van der Waals surface area contributed by atoms with Gasteiger partial charge in [-0.15, -0.1) is 11.3 Å². The maximum absolute atomic E-state index is 13.1. The molecule has 184 valence electrons. The van der Waals surface area contributed by atoms with Gasteiger partial charge in [0.2, 0.25) is 0 Å². The Kier molecular flexibility index (Phi) is 8.65. The average molecular weight is 495 g/mol. The Balaban J connectivity index is 1.81. The molecule has 3 rings (SSSR count). The Morgan fingerprint density at radius 3 is 2.43 bits per heavy atom. The molecule has 2 amide bonds. The molecule has 1 heterocycles. The van der Waals surface area contributed by atoms with Crippen molar-refractivity contribution in [2.75, 3.05) is 23.8 Å². The molecular formula is C27H30N2O5S. The number of hydrogen-bond acceptors (Lipinski definition) is 6. The quantitative estimate of drug-likeness (QED) is 0.373. The van der Waals surface area contributed by atoms with Crippen molar-refractivity contribution < 1.29 is 23.9 Å². The SMILES string of the molecule is CCOC(=O)c1c(NC(=O)COc2cccc(CC)c2)sc(C(=O)Nc2ccc(C)cc2C)c1C. The lowest BCUT2D eigenvalue weighted by Gasteiger charge is -2.09. The van der Waals surface area contributed by atoms with Gasteiger partial charge < -0.3 is 20.1 Å². The first-order valence-corrected chi connectivity index (χ1v) is 12.3. The van der Waals surface area contributed by atoms with E-state index in [1.165, 1.54) is 0 Å². The van der Waals surface area contributed by atoms with Crippen molar-refractivity contribution in [3.8, 4) is 5.75 Å². The van der Waals surface area contributed by atoms with E-state index in [0.717, 1.165) is 34.4 Å². The molecule has 0 atom stereocenters. The van der Waals surface area contributed by atoms with E-state index in [1.54, 1.807) is 19.9 Å². The fourth-order valence-electron chi connectivity index (χ4n) is 3.57. The van der Waals surface area contributed by atoms with Crippen molar-refractivity contribution in [2.45, 2.75) is 41.0 Å². The molecule has 8 heteroatoms. The van der Waals surface area contributed by atoms with Gasteiger partial charge in [-0.1, -0.05) is 36.8 Å². The predicted molar refractivity (Wildman–Crippen MR) is 139 cm³/mol. The van der Waals surface area contributed by atoms with Crippen molar-refractivity contribution in [1.29, 1.82) is 0 Å². The van der Waals surface area contributed by atoms with Crippen LogP contribution >= 0.6 is 11.3 Å². The van der Waals surface area contributed by atoms with E-state index in [2.05, 4.69) is 10.6 Å². The third-order valence-corrected chi connectivity index (χ3v) is 6.60. The molecule has 2 N–H and O–H groups in total. The van der Waals surface area contributed by atoms with E-state index in [1.807, 2.05) is 57.2 Å². The molecule has 0 saturated carbocycles. The molecule has 0 fully saturated rings.